The van der Waals surface area contributed by atoms with Gasteiger partial charge in [-0.3, -0.25) is 0 Å². The first-order valence-electron chi connectivity index (χ1n) is 7.95. The highest BCUT2D eigenvalue weighted by Crippen LogP contribution is 2.51. The summed E-state index contributed by atoms with van der Waals surface area (Å²) in [6.07, 6.45) is 15.7. The van der Waals surface area contributed by atoms with E-state index in [1.54, 1.807) is 64.2 Å². The van der Waals surface area contributed by atoms with Crippen molar-refractivity contribution in [2.24, 2.45) is 23.7 Å². The normalized spacial score (nSPS) is 37.7. The maximum atomic E-state index is 2.00. The standard InChI is InChI=1S/C14H24.C2H6.2H2O/c1-3-7-13-11(5-1)9-10-12-6-2-4-8-14(12)13;1-2;;/h11-14H,1-10H2;1-2H3;2*1H2. The van der Waals surface area contributed by atoms with Crippen LogP contribution in [0.4, 0.5) is 0 Å². The summed E-state index contributed by atoms with van der Waals surface area (Å²) in [4.78, 5) is 0. The van der Waals surface area contributed by atoms with Crippen molar-refractivity contribution in [3.63, 3.8) is 0 Å². The number of fused-ring (bicyclic) bond motifs is 3. The van der Waals surface area contributed by atoms with Gasteiger partial charge < -0.3 is 11.0 Å². The van der Waals surface area contributed by atoms with Gasteiger partial charge >= 0.3 is 0 Å². The van der Waals surface area contributed by atoms with Crippen molar-refractivity contribution < 1.29 is 11.0 Å². The monoisotopic (exact) mass is 258 g/mol. The van der Waals surface area contributed by atoms with E-state index in [1.165, 1.54) is 11.8 Å². The van der Waals surface area contributed by atoms with E-state index in [4.69, 9.17) is 0 Å². The van der Waals surface area contributed by atoms with Gasteiger partial charge in [-0.05, 0) is 49.4 Å². The van der Waals surface area contributed by atoms with Gasteiger partial charge in [0.1, 0.15) is 0 Å². The lowest BCUT2D eigenvalue weighted by Crippen LogP contribution is -2.38. The lowest BCUT2D eigenvalue weighted by Gasteiger charge is -2.48. The van der Waals surface area contributed by atoms with E-state index in [9.17, 15) is 0 Å². The van der Waals surface area contributed by atoms with Crippen molar-refractivity contribution in [1.29, 1.82) is 0 Å². The van der Waals surface area contributed by atoms with Gasteiger partial charge in [0.2, 0.25) is 0 Å². The fourth-order valence-electron chi connectivity index (χ4n) is 4.74. The quantitative estimate of drug-likeness (QED) is 0.635. The third-order valence-corrected chi connectivity index (χ3v) is 5.39. The van der Waals surface area contributed by atoms with Crippen molar-refractivity contribution in [3.05, 3.63) is 0 Å². The van der Waals surface area contributed by atoms with Crippen LogP contribution in [-0.2, 0) is 0 Å². The van der Waals surface area contributed by atoms with Crippen LogP contribution < -0.4 is 0 Å². The van der Waals surface area contributed by atoms with Gasteiger partial charge in [-0.1, -0.05) is 52.4 Å². The van der Waals surface area contributed by atoms with Gasteiger partial charge in [-0.2, -0.15) is 0 Å². The highest BCUT2D eigenvalue weighted by atomic mass is 16.0. The molecule has 3 aliphatic carbocycles. The molecule has 0 aromatic carbocycles. The minimum absolute atomic E-state index is 0. The summed E-state index contributed by atoms with van der Waals surface area (Å²) in [6.45, 7) is 4.00. The number of rotatable bonds is 0. The molecule has 3 aliphatic rings. The Kier molecular flexibility index (Phi) is 8.89. The van der Waals surface area contributed by atoms with Crippen molar-refractivity contribution >= 4 is 0 Å². The Morgan fingerprint density at radius 2 is 0.833 bits per heavy atom. The molecule has 2 heteroatoms. The fourth-order valence-corrected chi connectivity index (χ4v) is 4.74. The Bertz CT molecular complexity index is 183. The van der Waals surface area contributed by atoms with E-state index in [1.807, 2.05) is 13.8 Å². The molecular weight excluding hydrogens is 224 g/mol. The first-order valence-corrected chi connectivity index (χ1v) is 7.95. The zero-order valence-corrected chi connectivity index (χ0v) is 12.4. The molecule has 0 bridgehead atoms. The number of hydrogen-bond donors (Lipinski definition) is 0. The Balaban J connectivity index is 0.000000691. The molecule has 0 spiro atoms. The molecule has 4 N–H and O–H groups in total. The average Bonchev–Trinajstić information content (AvgIpc) is 2.41. The smallest absolute Gasteiger partial charge is 0.0355 e. The third-order valence-electron chi connectivity index (χ3n) is 5.39. The minimum atomic E-state index is 0. The second-order valence-corrected chi connectivity index (χ2v) is 5.99. The summed E-state index contributed by atoms with van der Waals surface area (Å²) >= 11 is 0. The second-order valence-electron chi connectivity index (χ2n) is 5.99. The van der Waals surface area contributed by atoms with E-state index in [0.717, 1.165) is 11.8 Å². The summed E-state index contributed by atoms with van der Waals surface area (Å²) < 4.78 is 0. The first-order chi connectivity index (χ1) is 7.95. The molecule has 0 aliphatic heterocycles. The summed E-state index contributed by atoms with van der Waals surface area (Å²) in [5, 5.41) is 0. The van der Waals surface area contributed by atoms with Crippen LogP contribution in [0.2, 0.25) is 0 Å². The molecule has 3 fully saturated rings. The van der Waals surface area contributed by atoms with Crippen LogP contribution in [0.25, 0.3) is 0 Å². The molecular formula is C16H34O2. The molecule has 0 saturated heterocycles. The molecule has 3 rings (SSSR count). The molecule has 4 atom stereocenters. The highest BCUT2D eigenvalue weighted by Gasteiger charge is 2.40. The first kappa shape index (κ1) is 17.9. The second kappa shape index (κ2) is 8.92. The SMILES string of the molecule is C1CCC2C(C1)CCC1CCCCC12.CC.O.O. The zero-order valence-electron chi connectivity index (χ0n) is 12.4. The molecule has 3 saturated carbocycles. The van der Waals surface area contributed by atoms with Gasteiger partial charge in [0.15, 0.2) is 0 Å². The molecule has 18 heavy (non-hydrogen) atoms. The summed E-state index contributed by atoms with van der Waals surface area (Å²) in [5.74, 6) is 4.65. The molecule has 0 aromatic rings. The third kappa shape index (κ3) is 3.71. The Labute approximate surface area is 113 Å². The van der Waals surface area contributed by atoms with Crippen LogP contribution in [-0.4, -0.2) is 11.0 Å². The lowest BCUT2D eigenvalue weighted by atomic mass is 9.58. The van der Waals surface area contributed by atoms with Crippen LogP contribution in [0.1, 0.15) is 78.1 Å². The largest absolute Gasteiger partial charge is 0.412 e. The van der Waals surface area contributed by atoms with Gasteiger partial charge in [-0.25, -0.2) is 0 Å². The Morgan fingerprint density at radius 3 is 1.22 bits per heavy atom. The van der Waals surface area contributed by atoms with Crippen molar-refractivity contribution in [3.8, 4) is 0 Å². The molecule has 0 radical (unpaired) electrons. The van der Waals surface area contributed by atoms with Crippen LogP contribution in [0.3, 0.4) is 0 Å². The van der Waals surface area contributed by atoms with Gasteiger partial charge in [-0.15, -0.1) is 0 Å². The van der Waals surface area contributed by atoms with Gasteiger partial charge in [0.25, 0.3) is 0 Å². The molecule has 0 heterocycles. The molecule has 0 aromatic heterocycles. The summed E-state index contributed by atoms with van der Waals surface area (Å²) in [6, 6.07) is 0. The van der Waals surface area contributed by atoms with Crippen molar-refractivity contribution in [1.82, 2.24) is 0 Å². The minimum Gasteiger partial charge on any atom is -0.412 e. The predicted octanol–water partition coefficient (Wildman–Crippen LogP) is 3.77. The molecule has 4 unspecified atom stereocenters. The Hall–Kier alpha value is -0.0800. The molecule has 110 valence electrons. The lowest BCUT2D eigenvalue weighted by molar-refractivity contribution is 0.0278. The maximum absolute atomic E-state index is 2.00. The summed E-state index contributed by atoms with van der Waals surface area (Å²) in [7, 11) is 0. The van der Waals surface area contributed by atoms with E-state index in [2.05, 4.69) is 0 Å². The zero-order chi connectivity index (χ0) is 11.4. The Morgan fingerprint density at radius 1 is 0.500 bits per heavy atom. The maximum Gasteiger partial charge on any atom is -0.0355 e. The van der Waals surface area contributed by atoms with Crippen LogP contribution in [0.5, 0.6) is 0 Å². The van der Waals surface area contributed by atoms with Gasteiger partial charge in [0, 0.05) is 0 Å². The van der Waals surface area contributed by atoms with Crippen LogP contribution >= 0.6 is 0 Å². The topological polar surface area (TPSA) is 63.0 Å². The van der Waals surface area contributed by atoms with Crippen molar-refractivity contribution in [2.45, 2.75) is 78.1 Å². The van der Waals surface area contributed by atoms with E-state index < -0.39 is 0 Å². The van der Waals surface area contributed by atoms with Crippen LogP contribution in [0, 0.1) is 23.7 Å². The highest BCUT2D eigenvalue weighted by molar-refractivity contribution is 4.91. The van der Waals surface area contributed by atoms with E-state index >= 15 is 0 Å². The molecule has 2 nitrogen and oxygen atoms in total. The fraction of sp³-hybridized carbons (Fsp3) is 1.00. The van der Waals surface area contributed by atoms with Gasteiger partial charge in [0.05, 0.1) is 0 Å². The van der Waals surface area contributed by atoms with E-state index in [-0.39, 0.29) is 11.0 Å². The number of hydrogen-bond acceptors (Lipinski definition) is 0. The molecule has 0 amide bonds. The summed E-state index contributed by atoms with van der Waals surface area (Å²) in [5.41, 5.74) is 0. The van der Waals surface area contributed by atoms with Crippen LogP contribution in [0.15, 0.2) is 0 Å². The van der Waals surface area contributed by atoms with Crippen molar-refractivity contribution in [2.75, 3.05) is 0 Å². The predicted molar refractivity (Wildman–Crippen MR) is 78.7 cm³/mol. The average molecular weight is 258 g/mol. The van der Waals surface area contributed by atoms with E-state index in [0.29, 0.717) is 0 Å².